The van der Waals surface area contributed by atoms with Gasteiger partial charge in [-0.15, -0.1) is 0 Å². The quantitative estimate of drug-likeness (QED) is 0.109. The highest BCUT2D eigenvalue weighted by Gasteiger charge is 2.39. The largest absolute Gasteiger partial charge is 0.344 e. The molecule has 0 amide bonds. The van der Waals surface area contributed by atoms with E-state index in [-0.39, 0.29) is 11.0 Å². The van der Waals surface area contributed by atoms with E-state index in [1.165, 1.54) is 63.0 Å². The molecule has 0 spiro atoms. The number of anilines is 1. The normalized spacial score (nSPS) is 18.5. The lowest BCUT2D eigenvalue weighted by molar-refractivity contribution is -0.431. The summed E-state index contributed by atoms with van der Waals surface area (Å²) in [5.41, 5.74) is 1.55. The van der Waals surface area contributed by atoms with Crippen LogP contribution < -0.4 is 4.90 Å². The van der Waals surface area contributed by atoms with Crippen LogP contribution in [0.15, 0.2) is 71.2 Å². The van der Waals surface area contributed by atoms with E-state index >= 15 is 0 Å². The number of carbonyl (C=O) groups excluding carboxylic acids is 1. The number of nitro groups is 2. The number of hydrogen-bond donors (Lipinski definition) is 0. The van der Waals surface area contributed by atoms with Crippen LogP contribution in [0, 0.1) is 20.2 Å². The third kappa shape index (κ3) is 6.85. The summed E-state index contributed by atoms with van der Waals surface area (Å²) in [7, 11) is 0. The van der Waals surface area contributed by atoms with E-state index in [4.69, 9.17) is 0 Å². The highest BCUT2D eigenvalue weighted by atomic mass is 16.6. The molecule has 38 heavy (non-hydrogen) atoms. The van der Waals surface area contributed by atoms with Crippen molar-refractivity contribution in [2.75, 3.05) is 11.4 Å². The molecule has 1 heterocycles. The smallest absolute Gasteiger partial charge is 0.323 e. The fourth-order valence-electron chi connectivity index (χ4n) is 5.29. The molecule has 0 saturated heterocycles. The average molecular weight is 522 g/mol. The minimum Gasteiger partial charge on any atom is -0.344 e. The number of benzene rings is 1. The third-order valence-electron chi connectivity index (χ3n) is 7.45. The maximum absolute atomic E-state index is 12.7. The van der Waals surface area contributed by atoms with Gasteiger partial charge in [-0.05, 0) is 30.2 Å². The molecule has 8 nitrogen and oxygen atoms in total. The van der Waals surface area contributed by atoms with Crippen molar-refractivity contribution in [2.24, 2.45) is 0 Å². The molecule has 1 aromatic rings. The number of nitrogens with zero attached hydrogens (tertiary/aromatic N) is 3. The van der Waals surface area contributed by atoms with Crippen molar-refractivity contribution in [3.8, 4) is 0 Å². The van der Waals surface area contributed by atoms with E-state index in [0.717, 1.165) is 42.9 Å². The van der Waals surface area contributed by atoms with E-state index < -0.39 is 27.0 Å². The van der Waals surface area contributed by atoms with Gasteiger partial charge < -0.3 is 4.90 Å². The van der Waals surface area contributed by atoms with Crippen LogP contribution in [0.5, 0.6) is 0 Å². The highest BCUT2D eigenvalue weighted by Crippen LogP contribution is 2.47. The Morgan fingerprint density at radius 1 is 0.842 bits per heavy atom. The Morgan fingerprint density at radius 3 is 2.05 bits per heavy atom. The van der Waals surface area contributed by atoms with Gasteiger partial charge in [-0.25, -0.2) is 0 Å². The molecule has 0 radical (unpaired) electrons. The van der Waals surface area contributed by atoms with Crippen LogP contribution in [0.4, 0.5) is 5.69 Å². The summed E-state index contributed by atoms with van der Waals surface area (Å²) in [4.78, 5) is 36.0. The van der Waals surface area contributed by atoms with Gasteiger partial charge in [-0.1, -0.05) is 96.8 Å². The van der Waals surface area contributed by atoms with Crippen LogP contribution >= 0.6 is 0 Å². The first kappa shape index (κ1) is 29.0. The number of hydrogen-bond acceptors (Lipinski definition) is 6. The van der Waals surface area contributed by atoms with Crippen LogP contribution in [0.2, 0.25) is 0 Å². The SMILES string of the molecule is CCCCCCCCCCCCN1/C(=C\C=C2/C=C([N+](=O)[O-])C=C([N+](=O)[O-])C2=O)C(C)(C)c2ccccc21. The number of ketones is 1. The van der Waals surface area contributed by atoms with Gasteiger partial charge >= 0.3 is 5.70 Å². The zero-order chi connectivity index (χ0) is 27.7. The zero-order valence-corrected chi connectivity index (χ0v) is 22.8. The zero-order valence-electron chi connectivity index (χ0n) is 22.8. The number of rotatable bonds is 14. The standard InChI is InChI=1S/C30H39N3O5/c1-4-5-6-7-8-9-10-11-12-15-20-31-26-17-14-13-16-25(26)30(2,3)28(31)19-18-23-21-24(32(35)36)22-27(29(23)34)33(37)38/h13-14,16-19,21-22H,4-12,15,20H2,1-3H3/b23-18+,28-19-. The van der Waals surface area contributed by atoms with Crippen LogP contribution in [-0.4, -0.2) is 22.2 Å². The maximum Gasteiger partial charge on any atom is 0.323 e. The van der Waals surface area contributed by atoms with Gasteiger partial charge in [-0.2, -0.15) is 0 Å². The van der Waals surface area contributed by atoms with Gasteiger partial charge in [0.25, 0.3) is 11.5 Å². The Balaban J connectivity index is 1.75. The van der Waals surface area contributed by atoms with E-state index in [0.29, 0.717) is 0 Å². The molecule has 0 aromatic heterocycles. The Labute approximate surface area is 225 Å². The van der Waals surface area contributed by atoms with E-state index in [9.17, 15) is 25.0 Å². The van der Waals surface area contributed by atoms with Crippen LogP contribution in [0.25, 0.3) is 0 Å². The number of allylic oxidation sites excluding steroid dienone is 6. The van der Waals surface area contributed by atoms with Crippen molar-refractivity contribution in [2.45, 2.75) is 90.4 Å². The van der Waals surface area contributed by atoms with Crippen molar-refractivity contribution in [3.05, 3.63) is 97.0 Å². The highest BCUT2D eigenvalue weighted by molar-refractivity contribution is 6.10. The number of Topliss-reactive ketones (excluding diaryl/α,β-unsaturated/α-hetero) is 1. The van der Waals surface area contributed by atoms with Crippen LogP contribution in [0.1, 0.15) is 90.5 Å². The molecule has 1 aliphatic carbocycles. The predicted octanol–water partition coefficient (Wildman–Crippen LogP) is 7.42. The second-order valence-electron chi connectivity index (χ2n) is 10.6. The lowest BCUT2D eigenvalue weighted by atomic mass is 9.83. The summed E-state index contributed by atoms with van der Waals surface area (Å²) in [5, 5.41) is 22.6. The fourth-order valence-corrected chi connectivity index (χ4v) is 5.29. The molecule has 2 aliphatic rings. The first-order chi connectivity index (χ1) is 18.2. The van der Waals surface area contributed by atoms with Gasteiger partial charge in [-0.3, -0.25) is 25.0 Å². The Bertz CT molecular complexity index is 1180. The molecule has 0 N–H and O–H groups in total. The number of para-hydroxylation sites is 1. The summed E-state index contributed by atoms with van der Waals surface area (Å²) in [6.07, 6.45) is 17.6. The van der Waals surface area contributed by atoms with E-state index in [1.54, 1.807) is 6.08 Å². The minimum absolute atomic E-state index is 0.0657. The monoisotopic (exact) mass is 521 g/mol. The molecule has 0 atom stereocenters. The summed E-state index contributed by atoms with van der Waals surface area (Å²) in [6.45, 7) is 7.27. The average Bonchev–Trinajstić information content (AvgIpc) is 3.10. The second-order valence-corrected chi connectivity index (χ2v) is 10.6. The summed E-state index contributed by atoms with van der Waals surface area (Å²) in [5.74, 6) is -0.827. The van der Waals surface area contributed by atoms with Crippen LogP contribution in [-0.2, 0) is 10.2 Å². The van der Waals surface area contributed by atoms with Crippen molar-refractivity contribution in [1.82, 2.24) is 0 Å². The van der Waals surface area contributed by atoms with Crippen molar-refractivity contribution in [1.29, 1.82) is 0 Å². The Hall–Kier alpha value is -3.55. The lowest BCUT2D eigenvalue weighted by Crippen LogP contribution is -2.27. The summed E-state index contributed by atoms with van der Waals surface area (Å²) >= 11 is 0. The molecule has 8 heteroatoms. The molecule has 204 valence electrons. The second kappa shape index (κ2) is 13.3. The molecular weight excluding hydrogens is 482 g/mol. The molecule has 1 aromatic carbocycles. The maximum atomic E-state index is 12.7. The topological polar surface area (TPSA) is 107 Å². The molecule has 3 rings (SSSR count). The lowest BCUT2D eigenvalue weighted by Gasteiger charge is -2.27. The molecule has 0 unspecified atom stereocenters. The van der Waals surface area contributed by atoms with Crippen molar-refractivity contribution < 1.29 is 14.6 Å². The Morgan fingerprint density at radius 2 is 1.45 bits per heavy atom. The first-order valence-electron chi connectivity index (χ1n) is 13.7. The minimum atomic E-state index is -0.868. The van der Waals surface area contributed by atoms with Gasteiger partial charge in [0.2, 0.25) is 0 Å². The number of carbonyl (C=O) groups is 1. The van der Waals surface area contributed by atoms with Crippen molar-refractivity contribution >= 4 is 11.5 Å². The van der Waals surface area contributed by atoms with Gasteiger partial charge in [0.1, 0.15) is 0 Å². The fraction of sp³-hybridized carbons (Fsp3) is 0.500. The van der Waals surface area contributed by atoms with E-state index in [1.807, 2.05) is 12.1 Å². The number of unbranched alkanes of at least 4 members (excludes halogenated alkanes) is 9. The molecular formula is C30H39N3O5. The predicted molar refractivity (Wildman–Crippen MR) is 150 cm³/mol. The van der Waals surface area contributed by atoms with Gasteiger partial charge in [0.15, 0.2) is 0 Å². The molecule has 0 bridgehead atoms. The van der Waals surface area contributed by atoms with Gasteiger partial charge in [0, 0.05) is 35.0 Å². The van der Waals surface area contributed by atoms with Gasteiger partial charge in [0.05, 0.1) is 15.9 Å². The first-order valence-corrected chi connectivity index (χ1v) is 13.7. The molecule has 0 saturated carbocycles. The molecule has 0 fully saturated rings. The Kier molecular flexibility index (Phi) is 10.2. The van der Waals surface area contributed by atoms with Crippen LogP contribution in [0.3, 0.4) is 0 Å². The number of fused-ring (bicyclic) bond motifs is 1. The van der Waals surface area contributed by atoms with Crippen molar-refractivity contribution in [3.63, 3.8) is 0 Å². The summed E-state index contributed by atoms with van der Waals surface area (Å²) < 4.78 is 0. The summed E-state index contributed by atoms with van der Waals surface area (Å²) in [6, 6.07) is 8.20. The van der Waals surface area contributed by atoms with E-state index in [2.05, 4.69) is 37.8 Å². The molecule has 1 aliphatic heterocycles. The third-order valence-corrected chi connectivity index (χ3v) is 7.45.